The number of carbonyl (C=O) groups is 1. The van der Waals surface area contributed by atoms with Crippen molar-refractivity contribution in [3.8, 4) is 10.6 Å². The van der Waals surface area contributed by atoms with Gasteiger partial charge in [-0.1, -0.05) is 30.3 Å². The molecule has 1 saturated heterocycles. The molecule has 2 heterocycles. The number of carbonyl (C=O) groups excluding carboxylic acids is 1. The topological polar surface area (TPSA) is 85.4 Å². The Hall–Kier alpha value is -1.77. The highest BCUT2D eigenvalue weighted by Gasteiger charge is 2.24. The van der Waals surface area contributed by atoms with E-state index in [9.17, 15) is 13.2 Å². The van der Waals surface area contributed by atoms with Gasteiger partial charge in [-0.25, -0.2) is 13.4 Å². The van der Waals surface area contributed by atoms with Gasteiger partial charge in [-0.05, 0) is 19.3 Å². The summed E-state index contributed by atoms with van der Waals surface area (Å²) in [5.41, 5.74) is 1.53. The summed E-state index contributed by atoms with van der Waals surface area (Å²) in [5, 5.41) is 2.58. The normalized spacial score (nSPS) is 18.0. The lowest BCUT2D eigenvalue weighted by atomic mass is 10.1. The van der Waals surface area contributed by atoms with Crippen LogP contribution in [0, 0.1) is 0 Å². The Morgan fingerprint density at radius 2 is 2.08 bits per heavy atom. The molecule has 1 aromatic heterocycles. The van der Waals surface area contributed by atoms with Gasteiger partial charge in [0.25, 0.3) is 0 Å². The third-order valence-corrected chi connectivity index (χ3v) is 6.15. The molecular formula is C17H20N2O4S2. The van der Waals surface area contributed by atoms with E-state index in [2.05, 4.69) is 9.71 Å². The maximum atomic E-state index is 12.1. The van der Waals surface area contributed by atoms with Crippen LogP contribution in [0.3, 0.4) is 0 Å². The average molecular weight is 380 g/mol. The second-order valence-corrected chi connectivity index (χ2v) is 8.61. The molecule has 0 saturated carbocycles. The number of hydrogen-bond donors (Lipinski definition) is 1. The van der Waals surface area contributed by atoms with E-state index < -0.39 is 15.9 Å². The smallest absolute Gasteiger partial charge is 0.239 e. The molecule has 0 spiro atoms. The first kappa shape index (κ1) is 18.0. The quantitative estimate of drug-likeness (QED) is 0.832. The molecule has 0 radical (unpaired) electrons. The summed E-state index contributed by atoms with van der Waals surface area (Å²) in [5.74, 6) is -0.744. The summed E-state index contributed by atoms with van der Waals surface area (Å²) in [7, 11) is -3.69. The molecule has 1 N–H and O–H groups in total. The van der Waals surface area contributed by atoms with Crippen LogP contribution in [0.15, 0.2) is 35.7 Å². The molecule has 1 atom stereocenters. The number of ether oxygens (including phenoxy) is 1. The molecule has 0 aliphatic carbocycles. The zero-order valence-electron chi connectivity index (χ0n) is 13.7. The maximum Gasteiger partial charge on any atom is 0.239 e. The van der Waals surface area contributed by atoms with Crippen LogP contribution in [-0.2, 0) is 26.0 Å². The molecule has 0 bridgehead atoms. The number of rotatable bonds is 6. The number of hydrogen-bond acceptors (Lipinski definition) is 6. The van der Waals surface area contributed by atoms with Crippen molar-refractivity contribution in [3.63, 3.8) is 0 Å². The number of amides is 1. The van der Waals surface area contributed by atoms with E-state index in [4.69, 9.17) is 4.74 Å². The summed E-state index contributed by atoms with van der Waals surface area (Å²) in [6.07, 6.45) is 2.23. The Morgan fingerprint density at radius 3 is 2.80 bits per heavy atom. The fourth-order valence-corrected chi connectivity index (χ4v) is 4.78. The summed E-state index contributed by atoms with van der Waals surface area (Å²) in [4.78, 5) is 16.5. The standard InChI is InChI=1S/C17H20N2O4S2/c20-16(19-25(21,22)12-15-8-4-5-9-23-15)10-14-11-24-17(18-14)13-6-2-1-3-7-13/h1-3,6-7,11,15H,4-5,8-10,12H2,(H,19,20)/t15-/m0/s1. The number of thiazole rings is 1. The van der Waals surface area contributed by atoms with Crippen molar-refractivity contribution in [3.05, 3.63) is 41.4 Å². The minimum Gasteiger partial charge on any atom is -0.377 e. The van der Waals surface area contributed by atoms with E-state index in [-0.39, 0.29) is 18.3 Å². The molecule has 8 heteroatoms. The SMILES string of the molecule is O=C(Cc1csc(-c2ccccc2)n1)NS(=O)(=O)C[C@@H]1CCCCO1. The van der Waals surface area contributed by atoms with Crippen molar-refractivity contribution in [1.82, 2.24) is 9.71 Å². The average Bonchev–Trinajstić information content (AvgIpc) is 3.04. The lowest BCUT2D eigenvalue weighted by molar-refractivity contribution is -0.118. The van der Waals surface area contributed by atoms with Crippen molar-refractivity contribution in [2.75, 3.05) is 12.4 Å². The van der Waals surface area contributed by atoms with E-state index in [0.717, 1.165) is 23.4 Å². The first-order chi connectivity index (χ1) is 12.0. The Labute approximate surface area is 151 Å². The van der Waals surface area contributed by atoms with Gasteiger partial charge in [-0.15, -0.1) is 11.3 Å². The first-order valence-corrected chi connectivity index (χ1v) is 10.7. The Balaban J connectivity index is 1.56. The third kappa shape index (κ3) is 5.35. The highest BCUT2D eigenvalue weighted by atomic mass is 32.2. The predicted molar refractivity (Wildman–Crippen MR) is 96.8 cm³/mol. The predicted octanol–water partition coefficient (Wildman–Crippen LogP) is 2.37. The molecule has 3 rings (SSSR count). The summed E-state index contributed by atoms with van der Waals surface area (Å²) >= 11 is 1.43. The lowest BCUT2D eigenvalue weighted by Crippen LogP contribution is -2.38. The van der Waals surface area contributed by atoms with Gasteiger partial charge in [-0.2, -0.15) is 0 Å². The number of sulfonamides is 1. The van der Waals surface area contributed by atoms with E-state index in [1.165, 1.54) is 11.3 Å². The van der Waals surface area contributed by atoms with Crippen LogP contribution in [0.4, 0.5) is 0 Å². The van der Waals surface area contributed by atoms with Gasteiger partial charge in [0.1, 0.15) is 5.01 Å². The molecule has 1 aliphatic heterocycles. The molecule has 1 amide bonds. The largest absolute Gasteiger partial charge is 0.377 e. The van der Waals surface area contributed by atoms with Gasteiger partial charge in [0.05, 0.1) is 24.0 Å². The fraction of sp³-hybridized carbons (Fsp3) is 0.412. The minimum atomic E-state index is -3.69. The van der Waals surface area contributed by atoms with Crippen LogP contribution >= 0.6 is 11.3 Å². The molecule has 1 aromatic carbocycles. The van der Waals surface area contributed by atoms with E-state index in [1.54, 1.807) is 5.38 Å². The second-order valence-electron chi connectivity index (χ2n) is 5.98. The van der Waals surface area contributed by atoms with Crippen LogP contribution in [0.1, 0.15) is 25.0 Å². The van der Waals surface area contributed by atoms with Crippen LogP contribution in [0.5, 0.6) is 0 Å². The molecule has 25 heavy (non-hydrogen) atoms. The maximum absolute atomic E-state index is 12.1. The molecule has 1 aliphatic rings. The van der Waals surface area contributed by atoms with Crippen molar-refractivity contribution in [2.45, 2.75) is 31.8 Å². The van der Waals surface area contributed by atoms with Gasteiger partial charge in [-0.3, -0.25) is 9.52 Å². The number of nitrogens with zero attached hydrogens (tertiary/aromatic N) is 1. The third-order valence-electron chi connectivity index (χ3n) is 3.86. The zero-order valence-corrected chi connectivity index (χ0v) is 15.3. The van der Waals surface area contributed by atoms with Gasteiger partial charge in [0.2, 0.25) is 15.9 Å². The number of nitrogens with one attached hydrogen (secondary N) is 1. The molecule has 6 nitrogen and oxygen atoms in total. The summed E-state index contributed by atoms with van der Waals surface area (Å²) in [6.45, 7) is 0.579. The van der Waals surface area contributed by atoms with Crippen molar-refractivity contribution in [1.29, 1.82) is 0 Å². The lowest BCUT2D eigenvalue weighted by Gasteiger charge is -2.22. The molecular weight excluding hydrogens is 360 g/mol. The van der Waals surface area contributed by atoms with Gasteiger partial charge in [0, 0.05) is 17.6 Å². The van der Waals surface area contributed by atoms with Gasteiger partial charge in [0.15, 0.2) is 0 Å². The molecule has 0 unspecified atom stereocenters. The summed E-state index contributed by atoms with van der Waals surface area (Å²) in [6, 6.07) is 9.65. The molecule has 134 valence electrons. The first-order valence-electron chi connectivity index (χ1n) is 8.16. The fourth-order valence-electron chi connectivity index (χ4n) is 2.70. The van der Waals surface area contributed by atoms with E-state index >= 15 is 0 Å². The second kappa shape index (κ2) is 8.07. The summed E-state index contributed by atoms with van der Waals surface area (Å²) < 4.78 is 31.7. The van der Waals surface area contributed by atoms with Crippen molar-refractivity contribution < 1.29 is 17.9 Å². The van der Waals surface area contributed by atoms with E-state index in [0.29, 0.717) is 18.7 Å². The zero-order chi connectivity index (χ0) is 17.7. The molecule has 2 aromatic rings. The van der Waals surface area contributed by atoms with Crippen LogP contribution in [0.2, 0.25) is 0 Å². The highest BCUT2D eigenvalue weighted by molar-refractivity contribution is 7.90. The van der Waals surface area contributed by atoms with Crippen LogP contribution in [-0.4, -0.2) is 37.8 Å². The van der Waals surface area contributed by atoms with Crippen molar-refractivity contribution in [2.24, 2.45) is 0 Å². The highest BCUT2D eigenvalue weighted by Crippen LogP contribution is 2.23. The Morgan fingerprint density at radius 1 is 1.28 bits per heavy atom. The number of aromatic nitrogens is 1. The minimum absolute atomic E-state index is 0.0614. The Bertz CT molecular complexity index is 812. The van der Waals surface area contributed by atoms with Crippen molar-refractivity contribution >= 4 is 27.3 Å². The number of benzene rings is 1. The van der Waals surface area contributed by atoms with Gasteiger partial charge < -0.3 is 4.74 Å². The van der Waals surface area contributed by atoms with Crippen LogP contribution < -0.4 is 4.72 Å². The van der Waals surface area contributed by atoms with Gasteiger partial charge >= 0.3 is 0 Å². The van der Waals surface area contributed by atoms with E-state index in [1.807, 2.05) is 30.3 Å². The Kier molecular flexibility index (Phi) is 5.82. The van der Waals surface area contributed by atoms with Crippen LogP contribution in [0.25, 0.3) is 10.6 Å². The molecule has 1 fully saturated rings. The monoisotopic (exact) mass is 380 g/mol.